The lowest BCUT2D eigenvalue weighted by Gasteiger charge is -2.34. The number of carbonyl (C=O) groups excluding carboxylic acids is 1. The fraction of sp³-hybridized carbons (Fsp3) is 0.500. The first-order chi connectivity index (χ1) is 9.24. The van der Waals surface area contributed by atoms with Gasteiger partial charge in [0, 0.05) is 32.4 Å². The summed E-state index contributed by atoms with van der Waals surface area (Å²) in [5.74, 6) is -0.0411. The molecule has 1 aliphatic rings. The van der Waals surface area contributed by atoms with Gasteiger partial charge in [-0.25, -0.2) is 4.98 Å². The van der Waals surface area contributed by atoms with Crippen LogP contribution in [0.3, 0.4) is 0 Å². The smallest absolute Gasteiger partial charge is 0.272 e. The lowest BCUT2D eigenvalue weighted by Crippen LogP contribution is -2.48. The summed E-state index contributed by atoms with van der Waals surface area (Å²) in [7, 11) is 0. The van der Waals surface area contributed by atoms with Gasteiger partial charge in [0.15, 0.2) is 0 Å². The second kappa shape index (κ2) is 6.30. The summed E-state index contributed by atoms with van der Waals surface area (Å²) >= 11 is 0. The van der Waals surface area contributed by atoms with Crippen molar-refractivity contribution in [2.75, 3.05) is 32.7 Å². The molecule has 19 heavy (non-hydrogen) atoms. The van der Waals surface area contributed by atoms with E-state index in [9.17, 15) is 4.79 Å². The fourth-order valence-corrected chi connectivity index (χ4v) is 2.24. The molecule has 1 aliphatic heterocycles. The third kappa shape index (κ3) is 3.30. The van der Waals surface area contributed by atoms with Gasteiger partial charge < -0.3 is 4.90 Å². The highest BCUT2D eigenvalue weighted by atomic mass is 16.2. The number of hydrogen-bond acceptors (Lipinski definition) is 4. The van der Waals surface area contributed by atoms with E-state index in [-0.39, 0.29) is 5.91 Å². The number of amides is 1. The van der Waals surface area contributed by atoms with Gasteiger partial charge in [0.1, 0.15) is 11.8 Å². The number of hydrogen-bond donors (Lipinski definition) is 0. The van der Waals surface area contributed by atoms with Gasteiger partial charge in [0.05, 0.1) is 5.56 Å². The molecular weight excluding hydrogens is 240 g/mol. The molecule has 0 spiro atoms. The van der Waals surface area contributed by atoms with E-state index >= 15 is 0 Å². The van der Waals surface area contributed by atoms with Gasteiger partial charge in [0.25, 0.3) is 5.91 Å². The average Bonchev–Trinajstić information content (AvgIpc) is 2.48. The van der Waals surface area contributed by atoms with E-state index in [2.05, 4.69) is 16.8 Å². The molecule has 0 aromatic carbocycles. The molecule has 0 radical (unpaired) electrons. The topological polar surface area (TPSA) is 60.2 Å². The number of aromatic nitrogens is 1. The summed E-state index contributed by atoms with van der Waals surface area (Å²) in [4.78, 5) is 20.5. The van der Waals surface area contributed by atoms with Crippen LogP contribution in [0.25, 0.3) is 0 Å². The first-order valence-corrected chi connectivity index (χ1v) is 6.62. The van der Waals surface area contributed by atoms with Crippen molar-refractivity contribution in [3.63, 3.8) is 0 Å². The molecule has 0 atom stereocenters. The first-order valence-electron chi connectivity index (χ1n) is 6.62. The van der Waals surface area contributed by atoms with Crippen molar-refractivity contribution in [3.8, 4) is 6.07 Å². The molecule has 0 N–H and O–H groups in total. The van der Waals surface area contributed by atoms with Gasteiger partial charge in [-0.3, -0.25) is 9.69 Å². The van der Waals surface area contributed by atoms with Crippen LogP contribution in [0.15, 0.2) is 18.3 Å². The molecule has 1 saturated heterocycles. The van der Waals surface area contributed by atoms with E-state index < -0.39 is 0 Å². The van der Waals surface area contributed by atoms with Gasteiger partial charge in [-0.05, 0) is 25.1 Å². The number of rotatable bonds is 3. The minimum atomic E-state index is -0.0411. The zero-order valence-electron chi connectivity index (χ0n) is 11.2. The third-order valence-corrected chi connectivity index (χ3v) is 3.31. The zero-order valence-corrected chi connectivity index (χ0v) is 11.2. The summed E-state index contributed by atoms with van der Waals surface area (Å²) in [6.07, 6.45) is 2.59. The molecule has 0 saturated carbocycles. The van der Waals surface area contributed by atoms with E-state index in [0.717, 1.165) is 39.1 Å². The van der Waals surface area contributed by atoms with Crippen LogP contribution in [0, 0.1) is 11.3 Å². The van der Waals surface area contributed by atoms with Crippen LogP contribution >= 0.6 is 0 Å². The van der Waals surface area contributed by atoms with Crippen LogP contribution in [-0.4, -0.2) is 53.4 Å². The standard InChI is InChI=1S/C14H18N4O/c1-2-5-17-6-8-18(9-7-17)14(19)13-4-3-12(10-15)11-16-13/h3-4,11H,2,5-9H2,1H3. The predicted octanol–water partition coefficient (Wildman–Crippen LogP) is 1.12. The highest BCUT2D eigenvalue weighted by molar-refractivity contribution is 5.92. The number of nitriles is 1. The van der Waals surface area contributed by atoms with Crippen molar-refractivity contribution in [3.05, 3.63) is 29.6 Å². The molecule has 2 rings (SSSR count). The van der Waals surface area contributed by atoms with Crippen LogP contribution in [0.5, 0.6) is 0 Å². The van der Waals surface area contributed by atoms with Gasteiger partial charge in [0.2, 0.25) is 0 Å². The Morgan fingerprint density at radius 3 is 2.63 bits per heavy atom. The molecular formula is C14H18N4O. The Morgan fingerprint density at radius 2 is 2.11 bits per heavy atom. The summed E-state index contributed by atoms with van der Waals surface area (Å²) in [6, 6.07) is 5.26. The number of piperazine rings is 1. The van der Waals surface area contributed by atoms with E-state index in [0.29, 0.717) is 11.3 Å². The van der Waals surface area contributed by atoms with E-state index in [1.54, 1.807) is 12.1 Å². The molecule has 0 unspecified atom stereocenters. The summed E-state index contributed by atoms with van der Waals surface area (Å²) in [5, 5.41) is 8.70. The highest BCUT2D eigenvalue weighted by Crippen LogP contribution is 2.08. The Morgan fingerprint density at radius 1 is 1.37 bits per heavy atom. The monoisotopic (exact) mass is 258 g/mol. The SMILES string of the molecule is CCCN1CCN(C(=O)c2ccc(C#N)cn2)CC1. The van der Waals surface area contributed by atoms with Crippen molar-refractivity contribution >= 4 is 5.91 Å². The van der Waals surface area contributed by atoms with Gasteiger partial charge >= 0.3 is 0 Å². The van der Waals surface area contributed by atoms with Crippen molar-refractivity contribution < 1.29 is 4.79 Å². The van der Waals surface area contributed by atoms with Crippen molar-refractivity contribution in [1.29, 1.82) is 5.26 Å². The summed E-state index contributed by atoms with van der Waals surface area (Å²) in [6.45, 7) is 6.61. The zero-order chi connectivity index (χ0) is 13.7. The lowest BCUT2D eigenvalue weighted by atomic mass is 10.2. The normalized spacial score (nSPS) is 16.1. The molecule has 2 heterocycles. The van der Waals surface area contributed by atoms with Crippen LogP contribution in [-0.2, 0) is 0 Å². The molecule has 0 aliphatic carbocycles. The Hall–Kier alpha value is -1.93. The molecule has 100 valence electrons. The van der Waals surface area contributed by atoms with E-state index in [4.69, 9.17) is 5.26 Å². The molecule has 1 fully saturated rings. The molecule has 5 heteroatoms. The Balaban J connectivity index is 1.95. The number of carbonyl (C=O) groups is 1. The number of pyridine rings is 1. The summed E-state index contributed by atoms with van der Waals surface area (Å²) in [5.41, 5.74) is 0.896. The summed E-state index contributed by atoms with van der Waals surface area (Å²) < 4.78 is 0. The van der Waals surface area contributed by atoms with E-state index in [1.165, 1.54) is 6.20 Å². The highest BCUT2D eigenvalue weighted by Gasteiger charge is 2.22. The Labute approximate surface area is 113 Å². The lowest BCUT2D eigenvalue weighted by molar-refractivity contribution is 0.0632. The average molecular weight is 258 g/mol. The molecule has 0 bridgehead atoms. The van der Waals surface area contributed by atoms with Crippen LogP contribution in [0.2, 0.25) is 0 Å². The van der Waals surface area contributed by atoms with E-state index in [1.807, 2.05) is 11.0 Å². The van der Waals surface area contributed by atoms with Gasteiger partial charge in [-0.2, -0.15) is 5.26 Å². The molecule has 1 aromatic rings. The minimum Gasteiger partial charge on any atom is -0.335 e. The van der Waals surface area contributed by atoms with Crippen LogP contribution in [0.1, 0.15) is 29.4 Å². The second-order valence-corrected chi connectivity index (χ2v) is 4.68. The van der Waals surface area contributed by atoms with Gasteiger partial charge in [-0.1, -0.05) is 6.92 Å². The maximum Gasteiger partial charge on any atom is 0.272 e. The molecule has 1 aromatic heterocycles. The molecule has 5 nitrogen and oxygen atoms in total. The predicted molar refractivity (Wildman–Crippen MR) is 71.6 cm³/mol. The van der Waals surface area contributed by atoms with Crippen molar-refractivity contribution in [1.82, 2.24) is 14.8 Å². The Kier molecular flexibility index (Phi) is 4.48. The first kappa shape index (κ1) is 13.5. The second-order valence-electron chi connectivity index (χ2n) is 4.68. The molecule has 1 amide bonds. The van der Waals surface area contributed by atoms with Crippen molar-refractivity contribution in [2.45, 2.75) is 13.3 Å². The quantitative estimate of drug-likeness (QED) is 0.815. The fourth-order valence-electron chi connectivity index (χ4n) is 2.24. The largest absolute Gasteiger partial charge is 0.335 e. The third-order valence-electron chi connectivity index (χ3n) is 3.31. The minimum absolute atomic E-state index is 0.0411. The van der Waals surface area contributed by atoms with Gasteiger partial charge in [-0.15, -0.1) is 0 Å². The number of nitrogens with zero attached hydrogens (tertiary/aromatic N) is 4. The maximum absolute atomic E-state index is 12.2. The Bertz CT molecular complexity index is 469. The van der Waals surface area contributed by atoms with Crippen LogP contribution in [0.4, 0.5) is 0 Å². The van der Waals surface area contributed by atoms with Crippen LogP contribution < -0.4 is 0 Å². The maximum atomic E-state index is 12.2. The van der Waals surface area contributed by atoms with Crippen molar-refractivity contribution in [2.24, 2.45) is 0 Å².